The minimum atomic E-state index is -0.322. The molecule has 1 aromatic carbocycles. The highest BCUT2D eigenvalue weighted by molar-refractivity contribution is 5.89. The van der Waals surface area contributed by atoms with Gasteiger partial charge < -0.3 is 10.2 Å². The average molecular weight is 250 g/mol. The van der Waals surface area contributed by atoms with Crippen LogP contribution in [0, 0.1) is 18.7 Å². The first-order valence-electron chi connectivity index (χ1n) is 6.38. The Hall–Kier alpha value is -1.58. The summed E-state index contributed by atoms with van der Waals surface area (Å²) in [4.78, 5) is 13.8. The van der Waals surface area contributed by atoms with Gasteiger partial charge in [-0.1, -0.05) is 6.92 Å². The zero-order valence-corrected chi connectivity index (χ0v) is 10.9. The van der Waals surface area contributed by atoms with E-state index >= 15 is 0 Å². The molecular weight excluding hydrogens is 231 g/mol. The van der Waals surface area contributed by atoms with Gasteiger partial charge in [-0.3, -0.25) is 0 Å². The molecule has 1 saturated heterocycles. The van der Waals surface area contributed by atoms with Crippen LogP contribution in [-0.2, 0) is 0 Å². The Bertz CT molecular complexity index is 427. The van der Waals surface area contributed by atoms with Crippen molar-refractivity contribution in [1.29, 1.82) is 0 Å². The van der Waals surface area contributed by atoms with Gasteiger partial charge in [0.05, 0.1) is 0 Å². The zero-order valence-electron chi connectivity index (χ0n) is 10.9. The summed E-state index contributed by atoms with van der Waals surface area (Å²) < 4.78 is 13.2. The van der Waals surface area contributed by atoms with Gasteiger partial charge in [-0.25, -0.2) is 9.18 Å². The van der Waals surface area contributed by atoms with Gasteiger partial charge in [0.2, 0.25) is 0 Å². The Kier molecular flexibility index (Phi) is 3.84. The predicted molar refractivity (Wildman–Crippen MR) is 70.1 cm³/mol. The molecule has 0 radical (unpaired) electrons. The van der Waals surface area contributed by atoms with Crippen LogP contribution in [0.2, 0.25) is 0 Å². The molecule has 0 bridgehead atoms. The summed E-state index contributed by atoms with van der Waals surface area (Å²) >= 11 is 0. The van der Waals surface area contributed by atoms with Crippen LogP contribution in [0.3, 0.4) is 0 Å². The van der Waals surface area contributed by atoms with E-state index in [0.717, 1.165) is 25.1 Å². The van der Waals surface area contributed by atoms with Crippen LogP contribution in [0.1, 0.15) is 25.3 Å². The Morgan fingerprint density at radius 3 is 2.89 bits per heavy atom. The van der Waals surface area contributed by atoms with E-state index in [4.69, 9.17) is 0 Å². The molecule has 2 amide bonds. The first-order valence-corrected chi connectivity index (χ1v) is 6.38. The Balaban J connectivity index is 2.02. The van der Waals surface area contributed by atoms with Gasteiger partial charge in [0, 0.05) is 18.8 Å². The van der Waals surface area contributed by atoms with Crippen LogP contribution in [0.5, 0.6) is 0 Å². The molecule has 1 aliphatic heterocycles. The van der Waals surface area contributed by atoms with E-state index in [0.29, 0.717) is 11.6 Å². The van der Waals surface area contributed by atoms with Crippen molar-refractivity contribution in [3.8, 4) is 0 Å². The van der Waals surface area contributed by atoms with Gasteiger partial charge in [0.25, 0.3) is 0 Å². The minimum absolute atomic E-state index is 0.133. The van der Waals surface area contributed by atoms with Gasteiger partial charge >= 0.3 is 6.03 Å². The fourth-order valence-corrected chi connectivity index (χ4v) is 2.38. The number of nitrogens with one attached hydrogen (secondary N) is 1. The van der Waals surface area contributed by atoms with E-state index < -0.39 is 0 Å². The zero-order chi connectivity index (χ0) is 13.1. The fourth-order valence-electron chi connectivity index (χ4n) is 2.38. The maximum absolute atomic E-state index is 13.2. The highest BCUT2D eigenvalue weighted by atomic mass is 19.1. The molecule has 1 aliphatic rings. The summed E-state index contributed by atoms with van der Waals surface area (Å²) in [7, 11) is 0. The molecule has 98 valence electrons. The Labute approximate surface area is 107 Å². The molecule has 1 unspecified atom stereocenters. The number of halogens is 1. The van der Waals surface area contributed by atoms with Crippen LogP contribution in [0.15, 0.2) is 18.2 Å². The first kappa shape index (κ1) is 12.9. The number of rotatable bonds is 1. The van der Waals surface area contributed by atoms with E-state index in [1.807, 2.05) is 6.92 Å². The van der Waals surface area contributed by atoms with Crippen molar-refractivity contribution in [1.82, 2.24) is 4.90 Å². The maximum Gasteiger partial charge on any atom is 0.321 e. The number of aryl methyl sites for hydroxylation is 1. The quantitative estimate of drug-likeness (QED) is 0.814. The maximum atomic E-state index is 13.2. The molecule has 0 spiro atoms. The van der Waals surface area contributed by atoms with Gasteiger partial charge in [-0.05, 0) is 49.4 Å². The number of amides is 2. The van der Waals surface area contributed by atoms with E-state index in [1.165, 1.54) is 18.6 Å². The SMILES string of the molecule is Cc1cc(F)cc(NC(=O)N2CCCC(C)C2)c1. The monoisotopic (exact) mass is 250 g/mol. The molecule has 4 heteroatoms. The van der Waals surface area contributed by atoms with Crippen LogP contribution in [0.4, 0.5) is 14.9 Å². The number of benzene rings is 1. The van der Waals surface area contributed by atoms with E-state index in [9.17, 15) is 9.18 Å². The number of likely N-dealkylation sites (tertiary alicyclic amines) is 1. The summed E-state index contributed by atoms with van der Waals surface area (Å²) in [5.41, 5.74) is 1.33. The van der Waals surface area contributed by atoms with Crippen molar-refractivity contribution in [2.75, 3.05) is 18.4 Å². The molecule has 1 aromatic rings. The van der Waals surface area contributed by atoms with Crippen molar-refractivity contribution < 1.29 is 9.18 Å². The molecule has 1 fully saturated rings. The molecule has 1 heterocycles. The standard InChI is InChI=1S/C14H19FN2O/c1-10-4-3-5-17(9-10)14(18)16-13-7-11(2)6-12(15)8-13/h6-8,10H,3-5,9H2,1-2H3,(H,16,18). The summed E-state index contributed by atoms with van der Waals surface area (Å²) in [5, 5.41) is 2.76. The van der Waals surface area contributed by atoms with Gasteiger partial charge in [0.15, 0.2) is 0 Å². The third-order valence-electron chi connectivity index (χ3n) is 3.24. The topological polar surface area (TPSA) is 32.3 Å². The highest BCUT2D eigenvalue weighted by Crippen LogP contribution is 2.18. The molecule has 3 nitrogen and oxygen atoms in total. The third-order valence-corrected chi connectivity index (χ3v) is 3.24. The molecule has 0 saturated carbocycles. The lowest BCUT2D eigenvalue weighted by Gasteiger charge is -2.30. The van der Waals surface area contributed by atoms with Gasteiger partial charge in [-0.2, -0.15) is 0 Å². The predicted octanol–water partition coefficient (Wildman–Crippen LogP) is 3.40. The summed E-state index contributed by atoms with van der Waals surface area (Å²) in [6.07, 6.45) is 2.21. The lowest BCUT2D eigenvalue weighted by atomic mass is 10.0. The molecule has 0 aliphatic carbocycles. The van der Waals surface area contributed by atoms with Crippen LogP contribution in [-0.4, -0.2) is 24.0 Å². The first-order chi connectivity index (χ1) is 8.54. The van der Waals surface area contributed by atoms with Crippen molar-refractivity contribution in [3.05, 3.63) is 29.6 Å². The number of carbonyl (C=O) groups is 1. The third kappa shape index (κ3) is 3.22. The molecule has 1 atom stereocenters. The van der Waals surface area contributed by atoms with Gasteiger partial charge in [-0.15, -0.1) is 0 Å². The van der Waals surface area contributed by atoms with Crippen LogP contribution < -0.4 is 5.32 Å². The number of hydrogen-bond donors (Lipinski definition) is 1. The second kappa shape index (κ2) is 5.38. The lowest BCUT2D eigenvalue weighted by Crippen LogP contribution is -2.41. The number of carbonyl (C=O) groups excluding carboxylic acids is 1. The normalized spacial score (nSPS) is 19.7. The second-order valence-electron chi connectivity index (χ2n) is 5.14. The minimum Gasteiger partial charge on any atom is -0.324 e. The molecule has 1 N–H and O–H groups in total. The Morgan fingerprint density at radius 1 is 1.44 bits per heavy atom. The highest BCUT2D eigenvalue weighted by Gasteiger charge is 2.20. The lowest BCUT2D eigenvalue weighted by molar-refractivity contribution is 0.182. The second-order valence-corrected chi connectivity index (χ2v) is 5.14. The van der Waals surface area contributed by atoms with E-state index in [2.05, 4.69) is 12.2 Å². The molecule has 0 aromatic heterocycles. The summed E-state index contributed by atoms with van der Waals surface area (Å²) in [5.74, 6) is 0.219. The molecule has 2 rings (SSSR count). The smallest absolute Gasteiger partial charge is 0.321 e. The van der Waals surface area contributed by atoms with E-state index in [1.54, 1.807) is 11.0 Å². The summed E-state index contributed by atoms with van der Waals surface area (Å²) in [6.45, 7) is 5.51. The summed E-state index contributed by atoms with van der Waals surface area (Å²) in [6, 6.07) is 4.43. The van der Waals surface area contributed by atoms with Crippen LogP contribution >= 0.6 is 0 Å². The van der Waals surface area contributed by atoms with Crippen molar-refractivity contribution in [3.63, 3.8) is 0 Å². The van der Waals surface area contributed by atoms with E-state index in [-0.39, 0.29) is 11.8 Å². The van der Waals surface area contributed by atoms with Crippen LogP contribution in [0.25, 0.3) is 0 Å². The average Bonchev–Trinajstić information content (AvgIpc) is 2.27. The number of nitrogens with zero attached hydrogens (tertiary/aromatic N) is 1. The number of urea groups is 1. The number of anilines is 1. The van der Waals surface area contributed by atoms with Crippen molar-refractivity contribution in [2.24, 2.45) is 5.92 Å². The fraction of sp³-hybridized carbons (Fsp3) is 0.500. The Morgan fingerprint density at radius 2 is 2.22 bits per heavy atom. The van der Waals surface area contributed by atoms with Crippen molar-refractivity contribution in [2.45, 2.75) is 26.7 Å². The number of hydrogen-bond acceptors (Lipinski definition) is 1. The largest absolute Gasteiger partial charge is 0.324 e. The number of piperidine rings is 1. The molecule has 18 heavy (non-hydrogen) atoms. The van der Waals surface area contributed by atoms with Gasteiger partial charge in [0.1, 0.15) is 5.82 Å². The molecular formula is C14H19FN2O. The van der Waals surface area contributed by atoms with Crippen molar-refractivity contribution >= 4 is 11.7 Å².